The molecule has 0 bridgehead atoms. The van der Waals surface area contributed by atoms with Crippen molar-refractivity contribution in [3.63, 3.8) is 0 Å². The number of nitrogens with two attached hydrogens (primary N) is 1. The lowest BCUT2D eigenvalue weighted by atomic mass is 10.1. The molecule has 0 spiro atoms. The number of nitrogens with one attached hydrogen (secondary N) is 1. The number of hydrogen-bond acceptors (Lipinski definition) is 6. The lowest BCUT2D eigenvalue weighted by Gasteiger charge is -2.12. The number of H-pyrrole nitrogens is 1. The van der Waals surface area contributed by atoms with E-state index >= 15 is 0 Å². The zero-order valence-electron chi connectivity index (χ0n) is 14.2. The van der Waals surface area contributed by atoms with Crippen LogP contribution in [0.3, 0.4) is 0 Å². The fraction of sp³-hybridized carbons (Fsp3) is 0.357. The van der Waals surface area contributed by atoms with Crippen LogP contribution in [0.5, 0.6) is 0 Å². The smallest absolute Gasteiger partial charge is 0.322 e. The van der Waals surface area contributed by atoms with Crippen LogP contribution in [0.1, 0.15) is 19.4 Å². The Morgan fingerprint density at radius 1 is 1.15 bits per heavy atom. The molecule has 1 aromatic carbocycles. The number of halogens is 3. The zero-order valence-corrected chi connectivity index (χ0v) is 16.0. The third kappa shape index (κ3) is 7.00. The molecule has 0 aliphatic carbocycles. The maximum Gasteiger partial charge on any atom is 0.697 e. The third-order valence-corrected chi connectivity index (χ3v) is 4.79. The van der Waals surface area contributed by atoms with E-state index < -0.39 is 40.5 Å². The number of rotatable bonds is 5. The molecule has 0 saturated carbocycles. The summed E-state index contributed by atoms with van der Waals surface area (Å²) in [5, 5.41) is 4.91. The van der Waals surface area contributed by atoms with Crippen LogP contribution >= 0.6 is 8.25 Å². The van der Waals surface area contributed by atoms with Crippen molar-refractivity contribution in [2.24, 2.45) is 5.14 Å². The van der Waals surface area contributed by atoms with Gasteiger partial charge in [-0.25, -0.2) is 13.6 Å². The first-order valence-corrected chi connectivity index (χ1v) is 10.0. The summed E-state index contributed by atoms with van der Waals surface area (Å²) in [5.74, 6) is 0. The van der Waals surface area contributed by atoms with Crippen LogP contribution in [0.2, 0.25) is 0 Å². The summed E-state index contributed by atoms with van der Waals surface area (Å²) < 4.78 is 80.3. The summed E-state index contributed by atoms with van der Waals surface area (Å²) in [6.07, 6.45) is -4.90. The van der Waals surface area contributed by atoms with Gasteiger partial charge in [0.15, 0.2) is 0 Å². The van der Waals surface area contributed by atoms with Gasteiger partial charge in [0, 0.05) is 16.1 Å². The van der Waals surface area contributed by atoms with Crippen molar-refractivity contribution in [3.05, 3.63) is 40.2 Å². The van der Waals surface area contributed by atoms with Gasteiger partial charge in [0.05, 0.1) is 10.5 Å². The monoisotopic (exact) mass is 429 g/mol. The van der Waals surface area contributed by atoms with Crippen molar-refractivity contribution >= 4 is 29.2 Å². The number of aromatic amines is 1. The first-order chi connectivity index (χ1) is 12.4. The molecule has 0 aliphatic heterocycles. The molecule has 0 amide bonds. The van der Waals surface area contributed by atoms with Crippen LogP contribution in [0.4, 0.5) is 13.2 Å². The molecule has 27 heavy (non-hydrogen) atoms. The fourth-order valence-corrected chi connectivity index (χ4v) is 3.16. The van der Waals surface area contributed by atoms with Crippen LogP contribution in [0.25, 0.3) is 10.9 Å². The maximum atomic E-state index is 12.8. The van der Waals surface area contributed by atoms with Crippen LogP contribution in [0.15, 0.2) is 34.0 Å². The van der Waals surface area contributed by atoms with E-state index in [0.29, 0.717) is 19.3 Å². The highest BCUT2D eigenvalue weighted by Crippen LogP contribution is 2.35. The predicted octanol–water partition coefficient (Wildman–Crippen LogP) is 2.91. The average Bonchev–Trinajstić information content (AvgIpc) is 2.53. The molecular weight excluding hydrogens is 412 g/mol. The fourth-order valence-electron chi connectivity index (χ4n) is 1.89. The van der Waals surface area contributed by atoms with Crippen LogP contribution in [-0.4, -0.2) is 26.6 Å². The number of primary sulfonamides is 1. The number of alkyl halides is 3. The van der Waals surface area contributed by atoms with E-state index in [0.717, 1.165) is 12.1 Å². The van der Waals surface area contributed by atoms with Gasteiger partial charge in [-0.15, -0.1) is 9.05 Å². The third-order valence-electron chi connectivity index (χ3n) is 2.90. The zero-order chi connectivity index (χ0) is 20.8. The first-order valence-electron chi connectivity index (χ1n) is 7.40. The molecule has 0 radical (unpaired) electrons. The minimum absolute atomic E-state index is 0.118. The number of fused-ring (bicyclic) bond motifs is 1. The molecule has 3 N–H and O–H groups in total. The van der Waals surface area contributed by atoms with Gasteiger partial charge in [0.1, 0.15) is 13.2 Å². The largest absolute Gasteiger partial charge is 0.697 e. The van der Waals surface area contributed by atoms with Crippen LogP contribution < -0.4 is 10.7 Å². The standard InChI is InChI=1S/C10H7F3N2O3S.C4H10O3P/c11-10(12,13)6-4-7-5(1-2-9(16)15-7)3-8(6)19(14,17)18;1-3-6-8(5)7-4-2/h1-4H,(H,15,16)(H2,14,17,18);3-4H2,1-2H3/q;+1. The highest BCUT2D eigenvalue weighted by atomic mass is 32.2. The van der Waals surface area contributed by atoms with Gasteiger partial charge >= 0.3 is 14.4 Å². The van der Waals surface area contributed by atoms with Crippen molar-refractivity contribution in [1.82, 2.24) is 4.98 Å². The van der Waals surface area contributed by atoms with Crippen molar-refractivity contribution in [3.8, 4) is 0 Å². The lowest BCUT2D eigenvalue weighted by Crippen LogP contribution is -2.19. The Bertz CT molecular complexity index is 967. The van der Waals surface area contributed by atoms with Gasteiger partial charge in [0.25, 0.3) is 0 Å². The second-order valence-electron chi connectivity index (χ2n) is 4.86. The number of benzene rings is 1. The Kier molecular flexibility index (Phi) is 8.05. The van der Waals surface area contributed by atoms with E-state index in [-0.39, 0.29) is 10.9 Å². The lowest BCUT2D eigenvalue weighted by molar-refractivity contribution is -0.139. The Morgan fingerprint density at radius 3 is 2.15 bits per heavy atom. The maximum absolute atomic E-state index is 12.8. The summed E-state index contributed by atoms with van der Waals surface area (Å²) in [5.41, 5.74) is -2.12. The quantitative estimate of drug-likeness (QED) is 0.704. The van der Waals surface area contributed by atoms with E-state index in [9.17, 15) is 30.9 Å². The van der Waals surface area contributed by atoms with Crippen molar-refractivity contribution in [2.45, 2.75) is 24.9 Å². The Labute approximate surface area is 153 Å². The Balaban J connectivity index is 0.000000387. The molecule has 13 heteroatoms. The molecule has 2 rings (SSSR count). The molecule has 0 unspecified atom stereocenters. The summed E-state index contributed by atoms with van der Waals surface area (Å²) in [4.78, 5) is 12.2. The summed E-state index contributed by atoms with van der Waals surface area (Å²) in [7, 11) is -6.36. The van der Waals surface area contributed by atoms with Crippen LogP contribution in [-0.2, 0) is 29.8 Å². The molecule has 0 saturated heterocycles. The highest BCUT2D eigenvalue weighted by molar-refractivity contribution is 7.89. The normalized spacial score (nSPS) is 11.8. The topological polar surface area (TPSA) is 129 Å². The van der Waals surface area contributed by atoms with Gasteiger partial charge in [-0.2, -0.15) is 13.2 Å². The van der Waals surface area contributed by atoms with E-state index in [1.54, 1.807) is 13.8 Å². The summed E-state index contributed by atoms with van der Waals surface area (Å²) in [6, 6.07) is 3.62. The molecule has 150 valence electrons. The number of hydrogen-bond donors (Lipinski definition) is 2. The SMILES string of the molecule is CCO[P+](=O)OCC.NS(=O)(=O)c1cc2ccc(=O)[nH]c2cc1C(F)(F)F. The van der Waals surface area contributed by atoms with Gasteiger partial charge in [0.2, 0.25) is 15.6 Å². The molecule has 8 nitrogen and oxygen atoms in total. The molecule has 1 aromatic heterocycles. The first kappa shape index (κ1) is 23.2. The molecule has 0 aliphatic rings. The number of aromatic nitrogens is 1. The van der Waals surface area contributed by atoms with E-state index in [1.165, 1.54) is 6.07 Å². The molecule has 0 atom stereocenters. The molecule has 1 heterocycles. The second-order valence-corrected chi connectivity index (χ2v) is 7.35. The van der Waals surface area contributed by atoms with Crippen molar-refractivity contribution in [1.29, 1.82) is 0 Å². The van der Waals surface area contributed by atoms with Gasteiger partial charge in [-0.1, -0.05) is 0 Å². The van der Waals surface area contributed by atoms with Crippen molar-refractivity contribution in [2.75, 3.05) is 13.2 Å². The minimum Gasteiger partial charge on any atom is -0.322 e. The second kappa shape index (κ2) is 9.38. The van der Waals surface area contributed by atoms with E-state index in [2.05, 4.69) is 14.0 Å². The van der Waals surface area contributed by atoms with Gasteiger partial charge < -0.3 is 4.98 Å². The van der Waals surface area contributed by atoms with Crippen LogP contribution in [0, 0.1) is 0 Å². The summed E-state index contributed by atoms with van der Waals surface area (Å²) >= 11 is 0. The summed E-state index contributed by atoms with van der Waals surface area (Å²) in [6.45, 7) is 4.42. The van der Waals surface area contributed by atoms with Gasteiger partial charge in [-0.3, -0.25) is 4.79 Å². The minimum atomic E-state index is -4.90. The van der Waals surface area contributed by atoms with Crippen molar-refractivity contribution < 1.29 is 35.2 Å². The highest BCUT2D eigenvalue weighted by Gasteiger charge is 2.36. The number of sulfonamides is 1. The average molecular weight is 429 g/mol. The number of pyridine rings is 1. The Hall–Kier alpha value is -1.85. The molecular formula is C14H17F3N2O6PS+. The van der Waals surface area contributed by atoms with E-state index in [1.807, 2.05) is 0 Å². The Morgan fingerprint density at radius 2 is 1.70 bits per heavy atom. The van der Waals surface area contributed by atoms with E-state index in [4.69, 9.17) is 5.14 Å². The molecule has 0 fully saturated rings. The predicted molar refractivity (Wildman–Crippen MR) is 91.8 cm³/mol. The van der Waals surface area contributed by atoms with Gasteiger partial charge in [-0.05, 0) is 37.4 Å². The molecule has 2 aromatic rings.